The number of benzene rings is 1. The van der Waals surface area contributed by atoms with Gasteiger partial charge in [-0.2, -0.15) is 0 Å². The van der Waals surface area contributed by atoms with Gasteiger partial charge in [0.05, 0.1) is 6.61 Å². The Bertz CT molecular complexity index is 408. The molecule has 1 heterocycles. The van der Waals surface area contributed by atoms with E-state index in [1.54, 1.807) is 6.92 Å². The molecule has 3 nitrogen and oxygen atoms in total. The van der Waals surface area contributed by atoms with E-state index in [1.807, 2.05) is 18.2 Å². The minimum Gasteiger partial charge on any atom is -0.491 e. The Kier molecular flexibility index (Phi) is 3.79. The predicted molar refractivity (Wildman–Crippen MR) is 65.7 cm³/mol. The molecule has 1 fully saturated rings. The van der Waals surface area contributed by atoms with Gasteiger partial charge in [0.15, 0.2) is 5.78 Å². The number of hydrogen-bond donors (Lipinski definition) is 0. The van der Waals surface area contributed by atoms with E-state index in [1.165, 1.54) is 0 Å². The highest BCUT2D eigenvalue weighted by molar-refractivity contribution is 5.94. The van der Waals surface area contributed by atoms with Crippen LogP contribution in [0.3, 0.4) is 0 Å². The highest BCUT2D eigenvalue weighted by Crippen LogP contribution is 2.23. The van der Waals surface area contributed by atoms with E-state index in [2.05, 4.69) is 6.92 Å². The van der Waals surface area contributed by atoms with E-state index in [0.29, 0.717) is 6.61 Å². The van der Waals surface area contributed by atoms with E-state index >= 15 is 0 Å². The summed E-state index contributed by atoms with van der Waals surface area (Å²) in [7, 11) is 0. The van der Waals surface area contributed by atoms with Crippen LogP contribution >= 0.6 is 0 Å². The number of aryl methyl sites for hydroxylation is 1. The summed E-state index contributed by atoms with van der Waals surface area (Å²) in [5.74, 6) is 0.978. The zero-order valence-electron chi connectivity index (χ0n) is 10.4. The minimum atomic E-state index is 0.0967. The number of hydrogen-bond acceptors (Lipinski definition) is 3. The second kappa shape index (κ2) is 5.32. The molecule has 1 atom stereocenters. The highest BCUT2D eigenvalue weighted by Gasteiger charge is 2.23. The fourth-order valence-corrected chi connectivity index (χ4v) is 1.75. The van der Waals surface area contributed by atoms with E-state index in [-0.39, 0.29) is 11.9 Å². The molecule has 92 valence electrons. The molecule has 1 aromatic rings. The number of ketones is 1. The van der Waals surface area contributed by atoms with Gasteiger partial charge in [-0.15, -0.1) is 0 Å². The van der Waals surface area contributed by atoms with Crippen LogP contribution in [0, 0.1) is 0 Å². The lowest BCUT2D eigenvalue weighted by molar-refractivity contribution is 0.101. The van der Waals surface area contributed by atoms with Crippen LogP contribution < -0.4 is 4.74 Å². The Labute approximate surface area is 102 Å². The topological polar surface area (TPSA) is 38.8 Å². The minimum absolute atomic E-state index is 0.0967. The van der Waals surface area contributed by atoms with E-state index in [0.717, 1.165) is 36.3 Å². The number of ether oxygens (including phenoxy) is 2. The molecule has 1 unspecified atom stereocenters. The van der Waals surface area contributed by atoms with Crippen molar-refractivity contribution in [1.29, 1.82) is 0 Å². The molecule has 0 N–H and O–H groups in total. The summed E-state index contributed by atoms with van der Waals surface area (Å²) >= 11 is 0. The van der Waals surface area contributed by atoms with E-state index < -0.39 is 0 Å². The van der Waals surface area contributed by atoms with Gasteiger partial charge < -0.3 is 9.47 Å². The van der Waals surface area contributed by atoms with Crippen LogP contribution in [-0.2, 0) is 11.2 Å². The smallest absolute Gasteiger partial charge is 0.159 e. The first-order valence-corrected chi connectivity index (χ1v) is 6.09. The second-order valence-corrected chi connectivity index (χ2v) is 4.40. The summed E-state index contributed by atoms with van der Waals surface area (Å²) < 4.78 is 10.8. The third-order valence-corrected chi connectivity index (χ3v) is 2.81. The maximum Gasteiger partial charge on any atom is 0.159 e. The van der Waals surface area contributed by atoms with Crippen LogP contribution in [0.1, 0.15) is 36.2 Å². The molecule has 0 amide bonds. The van der Waals surface area contributed by atoms with Gasteiger partial charge in [0.25, 0.3) is 0 Å². The predicted octanol–water partition coefficient (Wildman–Crippen LogP) is 2.62. The maximum atomic E-state index is 11.3. The lowest BCUT2D eigenvalue weighted by Gasteiger charge is -2.11. The Morgan fingerprint density at radius 1 is 1.53 bits per heavy atom. The standard InChI is InChI=1S/C14H18O3/c1-3-4-12-7-11(10(2)15)5-6-14(12)17-9-13-8-16-13/h5-7,13H,3-4,8-9H2,1-2H3. The van der Waals surface area contributed by atoms with Gasteiger partial charge in [0, 0.05) is 5.56 Å². The molecule has 0 spiro atoms. The van der Waals surface area contributed by atoms with Crippen molar-refractivity contribution in [2.75, 3.05) is 13.2 Å². The summed E-state index contributed by atoms with van der Waals surface area (Å²) in [5.41, 5.74) is 1.87. The average molecular weight is 234 g/mol. The van der Waals surface area contributed by atoms with Crippen LogP contribution in [0.2, 0.25) is 0 Å². The third kappa shape index (κ3) is 3.30. The normalized spacial score (nSPS) is 17.9. The molecular weight excluding hydrogens is 216 g/mol. The molecular formula is C14H18O3. The van der Waals surface area contributed by atoms with Gasteiger partial charge in [-0.3, -0.25) is 4.79 Å². The molecule has 3 heteroatoms. The summed E-state index contributed by atoms with van der Waals surface area (Å²) in [4.78, 5) is 11.3. The van der Waals surface area contributed by atoms with Gasteiger partial charge in [-0.25, -0.2) is 0 Å². The number of rotatable bonds is 6. The fraction of sp³-hybridized carbons (Fsp3) is 0.500. The first kappa shape index (κ1) is 12.1. The molecule has 17 heavy (non-hydrogen) atoms. The molecule has 0 saturated carbocycles. The van der Waals surface area contributed by atoms with Gasteiger partial charge in [0.2, 0.25) is 0 Å². The highest BCUT2D eigenvalue weighted by atomic mass is 16.6. The van der Waals surface area contributed by atoms with Crippen molar-refractivity contribution in [1.82, 2.24) is 0 Å². The number of Topliss-reactive ketones (excluding diaryl/α,β-unsaturated/α-hetero) is 1. The third-order valence-electron chi connectivity index (χ3n) is 2.81. The lowest BCUT2D eigenvalue weighted by atomic mass is 10.0. The summed E-state index contributed by atoms with van der Waals surface area (Å²) in [6, 6.07) is 5.66. The van der Waals surface area contributed by atoms with Gasteiger partial charge in [0.1, 0.15) is 18.5 Å². The molecule has 0 aliphatic carbocycles. The zero-order chi connectivity index (χ0) is 12.3. The van der Waals surface area contributed by atoms with Gasteiger partial charge >= 0.3 is 0 Å². The first-order valence-electron chi connectivity index (χ1n) is 6.09. The lowest BCUT2D eigenvalue weighted by Crippen LogP contribution is -2.06. The van der Waals surface area contributed by atoms with Crippen LogP contribution in [0.25, 0.3) is 0 Å². The number of carbonyl (C=O) groups excluding carboxylic acids is 1. The van der Waals surface area contributed by atoms with Crippen molar-refractivity contribution >= 4 is 5.78 Å². The van der Waals surface area contributed by atoms with Crippen molar-refractivity contribution in [3.05, 3.63) is 29.3 Å². The molecule has 0 bridgehead atoms. The van der Waals surface area contributed by atoms with Crippen LogP contribution in [-0.4, -0.2) is 25.1 Å². The summed E-state index contributed by atoms with van der Waals surface area (Å²) in [6.45, 7) is 5.11. The first-order chi connectivity index (χ1) is 8.20. The fourth-order valence-electron chi connectivity index (χ4n) is 1.75. The zero-order valence-corrected chi connectivity index (χ0v) is 10.4. The molecule has 1 aromatic carbocycles. The van der Waals surface area contributed by atoms with Gasteiger partial charge in [-0.05, 0) is 37.1 Å². The maximum absolute atomic E-state index is 11.3. The quantitative estimate of drug-likeness (QED) is 0.561. The van der Waals surface area contributed by atoms with Crippen LogP contribution in [0.4, 0.5) is 0 Å². The Hall–Kier alpha value is -1.35. The Morgan fingerprint density at radius 3 is 2.88 bits per heavy atom. The molecule has 1 aliphatic heterocycles. The van der Waals surface area contributed by atoms with Crippen molar-refractivity contribution in [3.63, 3.8) is 0 Å². The number of carbonyl (C=O) groups is 1. The SMILES string of the molecule is CCCc1cc(C(C)=O)ccc1OCC1CO1. The molecule has 1 saturated heterocycles. The van der Waals surface area contributed by atoms with E-state index in [4.69, 9.17) is 9.47 Å². The average Bonchev–Trinajstić information content (AvgIpc) is 3.11. The Morgan fingerprint density at radius 2 is 2.29 bits per heavy atom. The monoisotopic (exact) mass is 234 g/mol. The van der Waals surface area contributed by atoms with Crippen molar-refractivity contribution in [3.8, 4) is 5.75 Å². The Balaban J connectivity index is 2.13. The van der Waals surface area contributed by atoms with Crippen LogP contribution in [0.5, 0.6) is 5.75 Å². The second-order valence-electron chi connectivity index (χ2n) is 4.40. The van der Waals surface area contributed by atoms with Crippen molar-refractivity contribution in [2.45, 2.75) is 32.8 Å². The summed E-state index contributed by atoms with van der Waals surface area (Å²) in [6.07, 6.45) is 2.23. The van der Waals surface area contributed by atoms with E-state index in [9.17, 15) is 4.79 Å². The molecule has 0 aromatic heterocycles. The molecule has 2 rings (SSSR count). The van der Waals surface area contributed by atoms with Crippen LogP contribution in [0.15, 0.2) is 18.2 Å². The largest absolute Gasteiger partial charge is 0.491 e. The number of epoxide rings is 1. The van der Waals surface area contributed by atoms with Crippen molar-refractivity contribution in [2.24, 2.45) is 0 Å². The molecule has 0 radical (unpaired) electrons. The summed E-state index contributed by atoms with van der Waals surface area (Å²) in [5, 5.41) is 0. The molecule has 1 aliphatic rings. The van der Waals surface area contributed by atoms with Gasteiger partial charge in [-0.1, -0.05) is 13.3 Å². The van der Waals surface area contributed by atoms with Crippen molar-refractivity contribution < 1.29 is 14.3 Å².